The second kappa shape index (κ2) is 6.94. The lowest BCUT2D eigenvalue weighted by Crippen LogP contribution is -2.41. The van der Waals surface area contributed by atoms with E-state index in [1.54, 1.807) is 18.7 Å². The Morgan fingerprint density at radius 3 is 2.55 bits per heavy atom. The predicted molar refractivity (Wildman–Crippen MR) is 81.6 cm³/mol. The number of aryl methyl sites for hydroxylation is 1. The Labute approximate surface area is 126 Å². The Balaban J connectivity index is 2.45. The molecule has 8 heteroatoms. The predicted octanol–water partition coefficient (Wildman–Crippen LogP) is 2.09. The molecule has 0 radical (unpaired) electrons. The second-order valence-electron chi connectivity index (χ2n) is 4.83. The summed E-state index contributed by atoms with van der Waals surface area (Å²) in [4.78, 5) is 26.9. The first-order chi connectivity index (χ1) is 9.25. The number of carboxylic acid groups (broad SMARTS) is 1. The van der Waals surface area contributed by atoms with Crippen LogP contribution in [-0.2, 0) is 6.54 Å². The molecule has 3 N–H and O–H groups in total. The first kappa shape index (κ1) is 16.8. The van der Waals surface area contributed by atoms with Crippen LogP contribution in [0.25, 0.3) is 0 Å². The number of hydrogen-bond acceptors (Lipinski definition) is 5. The van der Waals surface area contributed by atoms with Crippen molar-refractivity contribution in [3.8, 4) is 0 Å². The summed E-state index contributed by atoms with van der Waals surface area (Å²) in [6.45, 7) is 6.51. The van der Waals surface area contributed by atoms with Gasteiger partial charge < -0.3 is 15.7 Å². The molecule has 20 heavy (non-hydrogen) atoms. The van der Waals surface area contributed by atoms with Crippen molar-refractivity contribution in [2.45, 2.75) is 32.1 Å². The number of rotatable bonds is 6. The zero-order valence-corrected chi connectivity index (χ0v) is 13.6. The Bertz CT molecular complexity index is 500. The third-order valence-corrected chi connectivity index (χ3v) is 5.06. The molecule has 1 aromatic heterocycles. The SMILES string of the molecule is CSC(C)(C)CNC(=O)NCc1nc(C)c(C(=O)O)s1. The van der Waals surface area contributed by atoms with Gasteiger partial charge in [0.15, 0.2) is 0 Å². The van der Waals surface area contributed by atoms with Crippen molar-refractivity contribution in [1.29, 1.82) is 0 Å². The number of carboxylic acids is 1. The van der Waals surface area contributed by atoms with E-state index in [4.69, 9.17) is 5.11 Å². The van der Waals surface area contributed by atoms with Gasteiger partial charge in [0.25, 0.3) is 0 Å². The number of amides is 2. The van der Waals surface area contributed by atoms with E-state index < -0.39 is 5.97 Å². The molecule has 0 aliphatic carbocycles. The molecule has 1 heterocycles. The molecule has 0 saturated carbocycles. The molecule has 0 spiro atoms. The van der Waals surface area contributed by atoms with Crippen LogP contribution in [0.15, 0.2) is 0 Å². The number of thioether (sulfide) groups is 1. The molecule has 112 valence electrons. The molecular weight excluding hydrogens is 298 g/mol. The minimum absolute atomic E-state index is 0.0222. The van der Waals surface area contributed by atoms with Gasteiger partial charge in [-0.3, -0.25) is 0 Å². The quantitative estimate of drug-likeness (QED) is 0.747. The second-order valence-corrected chi connectivity index (χ2v) is 7.42. The third-order valence-electron chi connectivity index (χ3n) is 2.66. The molecular formula is C12H19N3O3S2. The fourth-order valence-electron chi connectivity index (χ4n) is 1.31. The Kier molecular flexibility index (Phi) is 5.82. The van der Waals surface area contributed by atoms with E-state index in [0.717, 1.165) is 11.3 Å². The highest BCUT2D eigenvalue weighted by Crippen LogP contribution is 2.19. The van der Waals surface area contributed by atoms with Gasteiger partial charge in [0.05, 0.1) is 12.2 Å². The van der Waals surface area contributed by atoms with Crippen molar-refractivity contribution in [3.63, 3.8) is 0 Å². The molecule has 0 unspecified atom stereocenters. The molecule has 0 aromatic carbocycles. The molecule has 0 atom stereocenters. The van der Waals surface area contributed by atoms with Gasteiger partial charge in [0.1, 0.15) is 9.88 Å². The summed E-state index contributed by atoms with van der Waals surface area (Å²) in [5.41, 5.74) is 0.475. The molecule has 1 aromatic rings. The average Bonchev–Trinajstić information content (AvgIpc) is 2.75. The van der Waals surface area contributed by atoms with Gasteiger partial charge in [0.2, 0.25) is 0 Å². The topological polar surface area (TPSA) is 91.3 Å². The number of nitrogens with zero attached hydrogens (tertiary/aromatic N) is 1. The van der Waals surface area contributed by atoms with E-state index in [9.17, 15) is 9.59 Å². The smallest absolute Gasteiger partial charge is 0.347 e. The highest BCUT2D eigenvalue weighted by molar-refractivity contribution is 7.99. The van der Waals surface area contributed by atoms with Crippen LogP contribution in [0.2, 0.25) is 0 Å². The van der Waals surface area contributed by atoms with Crippen LogP contribution in [0.1, 0.15) is 34.2 Å². The summed E-state index contributed by atoms with van der Waals surface area (Å²) < 4.78 is -0.0222. The first-order valence-corrected chi connectivity index (χ1v) is 8.06. The van der Waals surface area contributed by atoms with E-state index in [-0.39, 0.29) is 22.2 Å². The summed E-state index contributed by atoms with van der Waals surface area (Å²) in [5, 5.41) is 15.0. The fraction of sp³-hybridized carbons (Fsp3) is 0.583. The van der Waals surface area contributed by atoms with Crippen LogP contribution < -0.4 is 10.6 Å². The average molecular weight is 317 g/mol. The van der Waals surface area contributed by atoms with Gasteiger partial charge in [-0.05, 0) is 27.0 Å². The fourth-order valence-corrected chi connectivity index (χ4v) is 2.37. The molecule has 2 amide bonds. The zero-order valence-electron chi connectivity index (χ0n) is 11.9. The molecule has 0 aliphatic heterocycles. The summed E-state index contributed by atoms with van der Waals surface area (Å²) in [7, 11) is 0. The maximum absolute atomic E-state index is 11.6. The lowest BCUT2D eigenvalue weighted by Gasteiger charge is -2.22. The molecule has 1 rings (SSSR count). The lowest BCUT2D eigenvalue weighted by molar-refractivity contribution is 0.0701. The van der Waals surface area contributed by atoms with Crippen LogP contribution in [-0.4, -0.2) is 39.6 Å². The molecule has 0 saturated heterocycles. The summed E-state index contributed by atoms with van der Waals surface area (Å²) in [6.07, 6.45) is 1.99. The number of nitrogens with one attached hydrogen (secondary N) is 2. The number of aromatic nitrogens is 1. The zero-order chi connectivity index (χ0) is 15.3. The molecule has 6 nitrogen and oxygen atoms in total. The number of urea groups is 1. The summed E-state index contributed by atoms with van der Waals surface area (Å²) in [6, 6.07) is -0.281. The van der Waals surface area contributed by atoms with Crippen molar-refractivity contribution in [2.75, 3.05) is 12.8 Å². The highest BCUT2D eigenvalue weighted by atomic mass is 32.2. The van der Waals surface area contributed by atoms with Crippen molar-refractivity contribution in [1.82, 2.24) is 15.6 Å². The van der Waals surface area contributed by atoms with Crippen molar-refractivity contribution >= 4 is 35.1 Å². The molecule has 0 fully saturated rings. The number of aromatic carboxylic acids is 1. The van der Waals surface area contributed by atoms with Crippen LogP contribution in [0.5, 0.6) is 0 Å². The maximum Gasteiger partial charge on any atom is 0.347 e. The van der Waals surface area contributed by atoms with Gasteiger partial charge >= 0.3 is 12.0 Å². The van der Waals surface area contributed by atoms with Crippen LogP contribution in [0.3, 0.4) is 0 Å². The van der Waals surface area contributed by atoms with Gasteiger partial charge in [-0.15, -0.1) is 11.3 Å². The van der Waals surface area contributed by atoms with Crippen molar-refractivity contribution in [3.05, 3.63) is 15.6 Å². The number of thiazole rings is 1. The van der Waals surface area contributed by atoms with Crippen molar-refractivity contribution in [2.24, 2.45) is 0 Å². The van der Waals surface area contributed by atoms with E-state index in [1.807, 2.05) is 20.1 Å². The number of carbonyl (C=O) groups excluding carboxylic acids is 1. The number of hydrogen-bond donors (Lipinski definition) is 3. The van der Waals surface area contributed by atoms with Crippen molar-refractivity contribution < 1.29 is 14.7 Å². The summed E-state index contributed by atoms with van der Waals surface area (Å²) >= 11 is 2.75. The number of carbonyl (C=O) groups is 2. The van der Waals surface area contributed by atoms with Gasteiger partial charge in [0, 0.05) is 11.3 Å². The minimum atomic E-state index is -0.988. The monoisotopic (exact) mass is 317 g/mol. The first-order valence-electron chi connectivity index (χ1n) is 6.01. The Hall–Kier alpha value is -1.28. The van der Waals surface area contributed by atoms with E-state index in [2.05, 4.69) is 15.6 Å². The van der Waals surface area contributed by atoms with Crippen LogP contribution >= 0.6 is 23.1 Å². The normalized spacial score (nSPS) is 11.2. The minimum Gasteiger partial charge on any atom is -0.477 e. The largest absolute Gasteiger partial charge is 0.477 e. The third kappa shape index (κ3) is 5.01. The van der Waals surface area contributed by atoms with Gasteiger partial charge in [-0.2, -0.15) is 11.8 Å². The van der Waals surface area contributed by atoms with E-state index in [1.165, 1.54) is 0 Å². The Morgan fingerprint density at radius 1 is 1.40 bits per heavy atom. The molecule has 0 aliphatic rings. The highest BCUT2D eigenvalue weighted by Gasteiger charge is 2.17. The van der Waals surface area contributed by atoms with Crippen LogP contribution in [0.4, 0.5) is 4.79 Å². The van der Waals surface area contributed by atoms with E-state index in [0.29, 0.717) is 17.2 Å². The standard InChI is InChI=1S/C12H19N3O3S2/c1-7-9(10(16)17)20-8(15-7)5-13-11(18)14-6-12(2,3)19-4/h5-6H2,1-4H3,(H,16,17)(H2,13,14,18). The molecule has 0 bridgehead atoms. The summed E-state index contributed by atoms with van der Waals surface area (Å²) in [5.74, 6) is -0.988. The van der Waals surface area contributed by atoms with Gasteiger partial charge in [-0.1, -0.05) is 0 Å². The van der Waals surface area contributed by atoms with E-state index >= 15 is 0 Å². The maximum atomic E-state index is 11.6. The Morgan fingerprint density at radius 2 is 2.05 bits per heavy atom. The van der Waals surface area contributed by atoms with Gasteiger partial charge in [-0.25, -0.2) is 14.6 Å². The lowest BCUT2D eigenvalue weighted by atomic mass is 10.2. The van der Waals surface area contributed by atoms with Crippen LogP contribution in [0, 0.1) is 6.92 Å².